The Bertz CT molecular complexity index is 738. The highest BCUT2D eigenvalue weighted by atomic mass is 79.9. The van der Waals surface area contributed by atoms with Gasteiger partial charge in [0.1, 0.15) is 12.5 Å². The molecule has 1 aromatic rings. The van der Waals surface area contributed by atoms with E-state index in [1.165, 1.54) is 0 Å². The normalized spacial score (nSPS) is 16.2. The van der Waals surface area contributed by atoms with Crippen molar-refractivity contribution in [2.75, 3.05) is 26.0 Å². The summed E-state index contributed by atoms with van der Waals surface area (Å²) in [5.41, 5.74) is 1.07. The maximum atomic E-state index is 13.0. The largest absolute Gasteiger partial charge is 0.367 e. The van der Waals surface area contributed by atoms with Crippen molar-refractivity contribution < 1.29 is 13.6 Å². The van der Waals surface area contributed by atoms with Crippen LogP contribution in [0.5, 0.6) is 0 Å². The lowest BCUT2D eigenvalue weighted by Crippen LogP contribution is -2.49. The molecule has 1 aliphatic heterocycles. The second-order valence-corrected chi connectivity index (χ2v) is 9.27. The zero-order valence-electron chi connectivity index (χ0n) is 16.0. The van der Waals surface area contributed by atoms with Crippen LogP contribution in [0.4, 0.5) is 0 Å². The van der Waals surface area contributed by atoms with Crippen molar-refractivity contribution in [2.45, 2.75) is 26.4 Å². The topological polar surface area (TPSA) is 75.7 Å². The van der Waals surface area contributed by atoms with Gasteiger partial charge in [0.2, 0.25) is 0 Å². The van der Waals surface area contributed by atoms with Gasteiger partial charge in [-0.05, 0) is 72.2 Å². The summed E-state index contributed by atoms with van der Waals surface area (Å²) in [7, 11) is -3.29. The number of dihydropyridines is 1. The molecule has 0 spiro atoms. The molecule has 2 N–H and O–H groups in total. The first-order valence-electron chi connectivity index (χ1n) is 9.08. The fraction of sp³-hybridized carbons (Fsp3) is 0.444. The van der Waals surface area contributed by atoms with Crippen molar-refractivity contribution in [3.8, 4) is 0 Å². The third-order valence-electron chi connectivity index (χ3n) is 3.80. The molecule has 1 atom stereocenters. The molecule has 2 heterocycles. The minimum Gasteiger partial charge on any atom is -0.367 e. The van der Waals surface area contributed by atoms with Gasteiger partial charge in [0.15, 0.2) is 5.11 Å². The lowest BCUT2D eigenvalue weighted by atomic mass is 10.2. The highest BCUT2D eigenvalue weighted by molar-refractivity contribution is 9.11. The molecule has 28 heavy (non-hydrogen) atoms. The van der Waals surface area contributed by atoms with Crippen molar-refractivity contribution in [2.24, 2.45) is 0 Å². The van der Waals surface area contributed by atoms with E-state index < -0.39 is 7.60 Å². The van der Waals surface area contributed by atoms with Crippen molar-refractivity contribution in [1.82, 2.24) is 20.5 Å². The molecule has 2 rings (SSSR count). The van der Waals surface area contributed by atoms with Crippen LogP contribution in [-0.2, 0) is 20.0 Å². The maximum Gasteiger partial charge on any atom is 0.349 e. The molecule has 7 nitrogen and oxygen atoms in total. The third-order valence-corrected chi connectivity index (χ3v) is 6.66. The highest BCUT2D eigenvalue weighted by Gasteiger charge is 2.29. The van der Waals surface area contributed by atoms with Gasteiger partial charge in [-0.15, -0.1) is 0 Å². The first kappa shape index (κ1) is 23.0. The number of rotatable bonds is 10. The molecule has 0 radical (unpaired) electrons. The Hall–Kier alpha value is -1.25. The van der Waals surface area contributed by atoms with E-state index in [4.69, 9.17) is 21.3 Å². The van der Waals surface area contributed by atoms with Crippen LogP contribution < -0.4 is 10.6 Å². The molecule has 0 aliphatic carbocycles. The number of nitrogens with one attached hydrogen (secondary N) is 2. The van der Waals surface area contributed by atoms with E-state index in [1.54, 1.807) is 20.0 Å². The van der Waals surface area contributed by atoms with Crippen LogP contribution in [0.2, 0.25) is 0 Å². The van der Waals surface area contributed by atoms with Gasteiger partial charge in [-0.1, -0.05) is 6.07 Å². The average Bonchev–Trinajstić information content (AvgIpc) is 2.68. The monoisotopic (exact) mass is 488 g/mol. The number of pyridine rings is 1. The van der Waals surface area contributed by atoms with Crippen LogP contribution in [-0.4, -0.2) is 47.2 Å². The number of nitrogens with zero attached hydrogens (tertiary/aromatic N) is 2. The number of allylic oxidation sites excluding steroid dienone is 2. The van der Waals surface area contributed by atoms with Gasteiger partial charge in [0.25, 0.3) is 0 Å². The minimum absolute atomic E-state index is 0.0801. The molecule has 0 saturated carbocycles. The quantitative estimate of drug-likeness (QED) is 0.381. The second kappa shape index (κ2) is 11.7. The number of hydrogen-bond donors (Lipinski definition) is 2. The number of hydrogen-bond acceptors (Lipinski definition) is 6. The molecule has 0 fully saturated rings. The number of thiocarbonyl (C=S) groups is 1. The molecular formula is C18H26BrN4O3PS. The summed E-state index contributed by atoms with van der Waals surface area (Å²) in [5.74, 6) is 0. The van der Waals surface area contributed by atoms with Gasteiger partial charge in [-0.3, -0.25) is 9.55 Å². The molecule has 0 saturated heterocycles. The zero-order chi connectivity index (χ0) is 20.4. The Morgan fingerprint density at radius 3 is 2.75 bits per heavy atom. The van der Waals surface area contributed by atoms with Crippen LogP contribution in [0.15, 0.2) is 47.4 Å². The SMILES string of the molecule is CCOP(=O)(CN(CCc1cccnc1)C(=S)NC1C=CC(Br)=CN1)OCC. The summed E-state index contributed by atoms with van der Waals surface area (Å²) >= 11 is 9.00. The van der Waals surface area contributed by atoms with Gasteiger partial charge in [0.05, 0.1) is 13.2 Å². The molecule has 0 bridgehead atoms. The van der Waals surface area contributed by atoms with Gasteiger partial charge in [0, 0.05) is 29.6 Å². The standard InChI is InChI=1S/C18H26BrN4O3PS/c1-3-25-27(24,26-4-2)14-23(11-9-15-6-5-10-20-12-15)18(28)22-17-8-7-16(19)13-21-17/h5-8,10,12-13,17,21H,3-4,9,11,14H2,1-2H3,(H,22,28). The Labute approximate surface area is 180 Å². The highest BCUT2D eigenvalue weighted by Crippen LogP contribution is 2.48. The van der Waals surface area contributed by atoms with E-state index in [0.717, 1.165) is 10.0 Å². The summed E-state index contributed by atoms with van der Waals surface area (Å²) in [6, 6.07) is 3.89. The van der Waals surface area contributed by atoms with E-state index >= 15 is 0 Å². The van der Waals surface area contributed by atoms with Crippen molar-refractivity contribution in [3.05, 3.63) is 52.9 Å². The summed E-state index contributed by atoms with van der Waals surface area (Å²) < 4.78 is 24.9. The maximum absolute atomic E-state index is 13.0. The molecule has 1 aromatic heterocycles. The average molecular weight is 489 g/mol. The summed E-state index contributed by atoms with van der Waals surface area (Å²) in [6.07, 6.45) is 9.89. The lowest BCUT2D eigenvalue weighted by Gasteiger charge is -2.31. The van der Waals surface area contributed by atoms with Crippen molar-refractivity contribution >= 4 is 40.9 Å². The molecular weight excluding hydrogens is 463 g/mol. The number of aromatic nitrogens is 1. The van der Waals surface area contributed by atoms with Crippen molar-refractivity contribution in [1.29, 1.82) is 0 Å². The number of halogens is 1. The third kappa shape index (κ3) is 7.64. The molecule has 0 aromatic carbocycles. The van der Waals surface area contributed by atoms with Crippen LogP contribution in [0.1, 0.15) is 19.4 Å². The van der Waals surface area contributed by atoms with E-state index in [0.29, 0.717) is 31.3 Å². The molecule has 0 amide bonds. The van der Waals surface area contributed by atoms with E-state index in [-0.39, 0.29) is 12.5 Å². The fourth-order valence-corrected chi connectivity index (χ4v) is 4.93. The predicted molar refractivity (Wildman–Crippen MR) is 119 cm³/mol. The van der Waals surface area contributed by atoms with Crippen LogP contribution >= 0.6 is 35.7 Å². The molecule has 1 unspecified atom stereocenters. The van der Waals surface area contributed by atoms with E-state index in [9.17, 15) is 4.57 Å². The first-order chi connectivity index (χ1) is 13.5. The molecule has 154 valence electrons. The second-order valence-electron chi connectivity index (χ2n) is 5.94. The van der Waals surface area contributed by atoms with Crippen LogP contribution in [0, 0.1) is 0 Å². The fourth-order valence-electron chi connectivity index (χ4n) is 2.54. The first-order valence-corrected chi connectivity index (χ1v) is 12.0. The Kier molecular flexibility index (Phi) is 9.61. The summed E-state index contributed by atoms with van der Waals surface area (Å²) in [5, 5.41) is 6.88. The van der Waals surface area contributed by atoms with Gasteiger partial charge >= 0.3 is 7.60 Å². The van der Waals surface area contributed by atoms with Gasteiger partial charge in [-0.2, -0.15) is 0 Å². The van der Waals surface area contributed by atoms with Crippen LogP contribution in [0.3, 0.4) is 0 Å². The predicted octanol–water partition coefficient (Wildman–Crippen LogP) is 3.75. The molecule has 1 aliphatic rings. The zero-order valence-corrected chi connectivity index (χ0v) is 19.3. The minimum atomic E-state index is -3.29. The Morgan fingerprint density at radius 2 is 2.18 bits per heavy atom. The Balaban J connectivity index is 2.08. The Morgan fingerprint density at radius 1 is 1.43 bits per heavy atom. The summed E-state index contributed by atoms with van der Waals surface area (Å²) in [6.45, 7) is 4.75. The van der Waals surface area contributed by atoms with Crippen LogP contribution in [0.25, 0.3) is 0 Å². The van der Waals surface area contributed by atoms with E-state index in [1.807, 2.05) is 41.6 Å². The van der Waals surface area contributed by atoms with Crippen molar-refractivity contribution in [3.63, 3.8) is 0 Å². The summed E-state index contributed by atoms with van der Waals surface area (Å²) in [4.78, 5) is 5.97. The smallest absolute Gasteiger partial charge is 0.349 e. The van der Waals surface area contributed by atoms with Gasteiger partial charge < -0.3 is 24.6 Å². The lowest BCUT2D eigenvalue weighted by molar-refractivity contribution is 0.209. The molecule has 10 heteroatoms. The van der Waals surface area contributed by atoms with E-state index in [2.05, 4.69) is 31.5 Å². The van der Waals surface area contributed by atoms with Gasteiger partial charge in [-0.25, -0.2) is 0 Å².